The van der Waals surface area contributed by atoms with Crippen LogP contribution in [0, 0.1) is 11.8 Å². The summed E-state index contributed by atoms with van der Waals surface area (Å²) in [4.78, 5) is 16.4. The van der Waals surface area contributed by atoms with Crippen molar-refractivity contribution in [3.8, 4) is 0 Å². The molecule has 1 amide bonds. The molecule has 1 saturated heterocycles. The molecule has 0 aromatic heterocycles. The summed E-state index contributed by atoms with van der Waals surface area (Å²) in [6.07, 6.45) is 15.1. The smallest absolute Gasteiger partial charge is 0.404 e. The van der Waals surface area contributed by atoms with Gasteiger partial charge in [0.15, 0.2) is 0 Å². The quantitative estimate of drug-likeness (QED) is 0.754. The molecule has 5 nitrogen and oxygen atoms in total. The van der Waals surface area contributed by atoms with E-state index < -0.39 is 6.09 Å². The van der Waals surface area contributed by atoms with Crippen LogP contribution in [0.1, 0.15) is 40.0 Å². The summed E-state index contributed by atoms with van der Waals surface area (Å²) in [5, 5.41) is 0. The molecule has 1 fully saturated rings. The first kappa shape index (κ1) is 20.7. The molecular weight excluding hydrogens is 350 g/mol. The predicted octanol–water partition coefficient (Wildman–Crippen LogP) is 3.85. The lowest BCUT2D eigenvalue weighted by molar-refractivity contribution is 0.0427. The van der Waals surface area contributed by atoms with Crippen molar-refractivity contribution in [1.82, 2.24) is 9.80 Å². The number of nitrogens with zero attached hydrogens (tertiary/aromatic N) is 2. The highest BCUT2D eigenvalue weighted by molar-refractivity contribution is 5.64. The predicted molar refractivity (Wildman–Crippen MR) is 114 cm³/mol. The Hall–Kier alpha value is -2.01. The molecule has 5 heteroatoms. The Morgan fingerprint density at radius 1 is 1.25 bits per heavy atom. The van der Waals surface area contributed by atoms with Crippen molar-refractivity contribution in [3.05, 3.63) is 47.7 Å². The van der Waals surface area contributed by atoms with Crippen LogP contribution in [0.4, 0.5) is 4.79 Å². The minimum atomic E-state index is -0.675. The summed E-state index contributed by atoms with van der Waals surface area (Å²) in [6.45, 7) is 10.9. The number of allylic oxidation sites excluding steroid dienone is 6. The maximum atomic E-state index is 11.4. The highest BCUT2D eigenvalue weighted by Crippen LogP contribution is 2.27. The van der Waals surface area contributed by atoms with E-state index in [0.29, 0.717) is 12.0 Å². The third-order valence-corrected chi connectivity index (χ3v) is 6.47. The second-order valence-corrected chi connectivity index (χ2v) is 8.45. The molecule has 2 aliphatic carbocycles. The zero-order valence-electron chi connectivity index (χ0n) is 17.5. The van der Waals surface area contributed by atoms with Crippen LogP contribution in [0.2, 0.25) is 0 Å². The lowest BCUT2D eigenvalue weighted by atomic mass is 9.90. The van der Waals surface area contributed by atoms with E-state index in [0.717, 1.165) is 45.4 Å². The van der Waals surface area contributed by atoms with Gasteiger partial charge in [0, 0.05) is 50.3 Å². The molecule has 28 heavy (non-hydrogen) atoms. The Morgan fingerprint density at radius 3 is 2.61 bits per heavy atom. The monoisotopic (exact) mass is 385 g/mol. The van der Waals surface area contributed by atoms with E-state index in [1.807, 2.05) is 12.2 Å². The second-order valence-electron chi connectivity index (χ2n) is 8.45. The number of carbonyl (C=O) groups excluding carboxylic acids is 1. The van der Waals surface area contributed by atoms with Crippen LogP contribution in [0.15, 0.2) is 47.7 Å². The maximum Gasteiger partial charge on any atom is 0.404 e. The number of primary amides is 1. The van der Waals surface area contributed by atoms with Gasteiger partial charge >= 0.3 is 6.09 Å². The van der Waals surface area contributed by atoms with Crippen molar-refractivity contribution < 1.29 is 9.53 Å². The van der Waals surface area contributed by atoms with Crippen LogP contribution in [-0.2, 0) is 4.74 Å². The Bertz CT molecular complexity index is 671. The molecule has 3 aliphatic rings. The highest BCUT2D eigenvalue weighted by atomic mass is 16.6. The largest absolute Gasteiger partial charge is 0.446 e. The van der Waals surface area contributed by atoms with Gasteiger partial charge in [-0.25, -0.2) is 4.79 Å². The van der Waals surface area contributed by atoms with Crippen LogP contribution >= 0.6 is 0 Å². The van der Waals surface area contributed by atoms with Gasteiger partial charge < -0.3 is 15.4 Å². The fraction of sp³-hybridized carbons (Fsp3) is 0.609. The molecule has 3 rings (SSSR count). The molecule has 1 heterocycles. The third kappa shape index (κ3) is 5.28. The van der Waals surface area contributed by atoms with E-state index in [1.165, 1.54) is 11.3 Å². The number of ether oxygens (including phenoxy) is 1. The Kier molecular flexibility index (Phi) is 7.00. The van der Waals surface area contributed by atoms with Crippen molar-refractivity contribution in [3.63, 3.8) is 0 Å². The molecule has 0 aromatic carbocycles. The normalized spacial score (nSPS) is 27.8. The van der Waals surface area contributed by atoms with E-state index in [2.05, 4.69) is 54.9 Å². The average molecular weight is 386 g/mol. The van der Waals surface area contributed by atoms with E-state index in [9.17, 15) is 4.79 Å². The molecule has 154 valence electrons. The zero-order chi connectivity index (χ0) is 20.1. The first-order chi connectivity index (χ1) is 13.4. The summed E-state index contributed by atoms with van der Waals surface area (Å²) >= 11 is 0. The van der Waals surface area contributed by atoms with Crippen molar-refractivity contribution in [2.24, 2.45) is 17.6 Å². The molecular formula is C23H35N3O2. The number of carbonyl (C=O) groups is 1. The van der Waals surface area contributed by atoms with E-state index in [-0.39, 0.29) is 12.0 Å². The standard InChI is InChI=1S/C23H35N3O2/c1-17-9-10-21(15-18(17)2)26-13-11-25(12-14-26)19(3)16-22(28-23(24)27)20-7-5-4-6-8-20/h4-7,10,15,17,19-20,22H,8-9,11-14,16H2,1-3H3,(H2,24,27). The maximum absolute atomic E-state index is 11.4. The van der Waals surface area contributed by atoms with Gasteiger partial charge in [0.25, 0.3) is 0 Å². The molecule has 2 N–H and O–H groups in total. The second kappa shape index (κ2) is 9.46. The number of hydrogen-bond donors (Lipinski definition) is 1. The van der Waals surface area contributed by atoms with E-state index in [4.69, 9.17) is 10.5 Å². The van der Waals surface area contributed by atoms with Gasteiger partial charge in [-0.1, -0.05) is 42.9 Å². The Labute approximate surface area is 169 Å². The number of hydrogen-bond acceptors (Lipinski definition) is 4. The molecule has 4 atom stereocenters. The van der Waals surface area contributed by atoms with Gasteiger partial charge in [0.2, 0.25) is 0 Å². The van der Waals surface area contributed by atoms with Crippen molar-refractivity contribution in [2.75, 3.05) is 26.2 Å². The molecule has 0 bridgehead atoms. The Morgan fingerprint density at radius 2 is 2.00 bits per heavy atom. The number of piperazine rings is 1. The van der Waals surface area contributed by atoms with Gasteiger partial charge in [0.1, 0.15) is 6.10 Å². The van der Waals surface area contributed by atoms with Crippen molar-refractivity contribution in [2.45, 2.75) is 52.2 Å². The van der Waals surface area contributed by atoms with Gasteiger partial charge in [0.05, 0.1) is 0 Å². The molecule has 0 aromatic rings. The van der Waals surface area contributed by atoms with E-state index >= 15 is 0 Å². The Balaban J connectivity index is 1.53. The molecule has 4 unspecified atom stereocenters. The molecule has 1 aliphatic heterocycles. The number of nitrogens with two attached hydrogens (primary N) is 1. The van der Waals surface area contributed by atoms with Gasteiger partial charge in [-0.3, -0.25) is 4.90 Å². The van der Waals surface area contributed by atoms with Crippen molar-refractivity contribution >= 4 is 6.09 Å². The number of amides is 1. The van der Waals surface area contributed by atoms with Crippen LogP contribution in [0.3, 0.4) is 0 Å². The van der Waals surface area contributed by atoms with Crippen LogP contribution in [0.5, 0.6) is 0 Å². The van der Waals surface area contributed by atoms with Crippen molar-refractivity contribution in [1.29, 1.82) is 0 Å². The first-order valence-corrected chi connectivity index (χ1v) is 10.6. The van der Waals surface area contributed by atoms with Crippen LogP contribution < -0.4 is 5.73 Å². The lowest BCUT2D eigenvalue weighted by Gasteiger charge is -2.41. The van der Waals surface area contributed by atoms with Gasteiger partial charge in [-0.15, -0.1) is 0 Å². The minimum absolute atomic E-state index is 0.167. The molecule has 0 saturated carbocycles. The third-order valence-electron chi connectivity index (χ3n) is 6.47. The average Bonchev–Trinajstić information content (AvgIpc) is 2.70. The minimum Gasteiger partial charge on any atom is -0.446 e. The van der Waals surface area contributed by atoms with Gasteiger partial charge in [-0.05, 0) is 38.7 Å². The highest BCUT2D eigenvalue weighted by Gasteiger charge is 2.29. The number of rotatable bonds is 6. The fourth-order valence-electron chi connectivity index (χ4n) is 4.38. The summed E-state index contributed by atoms with van der Waals surface area (Å²) in [5.74, 6) is 0.875. The SMILES string of the molecule is CC1=CC(N2CCN(C(C)CC(OC(N)=O)C3C=CC=CC3)CC2)=CCC1C. The van der Waals surface area contributed by atoms with E-state index in [1.54, 1.807) is 0 Å². The molecule has 0 radical (unpaired) electrons. The molecule has 0 spiro atoms. The zero-order valence-corrected chi connectivity index (χ0v) is 17.5. The fourth-order valence-corrected chi connectivity index (χ4v) is 4.38. The van der Waals surface area contributed by atoms with Crippen LogP contribution in [0.25, 0.3) is 0 Å². The topological polar surface area (TPSA) is 58.8 Å². The van der Waals surface area contributed by atoms with Gasteiger partial charge in [-0.2, -0.15) is 0 Å². The lowest BCUT2D eigenvalue weighted by Crippen LogP contribution is -2.50. The summed E-state index contributed by atoms with van der Waals surface area (Å²) in [7, 11) is 0. The summed E-state index contributed by atoms with van der Waals surface area (Å²) in [5.41, 5.74) is 8.21. The first-order valence-electron chi connectivity index (χ1n) is 10.6. The summed E-state index contributed by atoms with van der Waals surface area (Å²) < 4.78 is 5.49. The summed E-state index contributed by atoms with van der Waals surface area (Å²) in [6, 6.07) is 0.350. The van der Waals surface area contributed by atoms with Crippen LogP contribution in [-0.4, -0.2) is 54.2 Å².